The summed E-state index contributed by atoms with van der Waals surface area (Å²) in [5, 5.41) is 0. The van der Waals surface area contributed by atoms with Crippen LogP contribution < -0.4 is 0 Å². The third-order valence-electron chi connectivity index (χ3n) is 6.93. The third kappa shape index (κ3) is 4.36. The Labute approximate surface area is 224 Å². The summed E-state index contributed by atoms with van der Waals surface area (Å²) >= 11 is 0. The smallest absolute Gasteiger partial charge is 0.376 e. The largest absolute Gasteiger partial charge is 0.411 e. The topological polar surface area (TPSA) is 84.0 Å². The lowest BCUT2D eigenvalue weighted by Gasteiger charge is -2.38. The Balaban J connectivity index is 1.85. The van der Waals surface area contributed by atoms with Gasteiger partial charge in [-0.3, -0.25) is 29.0 Å². The van der Waals surface area contributed by atoms with Gasteiger partial charge in [-0.15, -0.1) is 0 Å². The molecule has 0 bridgehead atoms. The number of hydrogen-bond donors (Lipinski definition) is 0. The van der Waals surface area contributed by atoms with Crippen molar-refractivity contribution in [3.63, 3.8) is 0 Å². The number of amides is 4. The minimum absolute atomic E-state index is 0.137. The van der Waals surface area contributed by atoms with Crippen molar-refractivity contribution in [3.05, 3.63) is 69.8 Å². The molecule has 1 unspecified atom stereocenters. The Morgan fingerprint density at radius 1 is 0.700 bits per heavy atom. The quantitative estimate of drug-likeness (QED) is 0.347. The zero-order chi connectivity index (χ0) is 29.9. The molecule has 1 atom stereocenters. The van der Waals surface area contributed by atoms with Crippen LogP contribution in [0.2, 0.25) is 0 Å². The lowest BCUT2D eigenvalue weighted by molar-refractivity contribution is -0.288. The maximum absolute atomic E-state index is 14.7. The van der Waals surface area contributed by atoms with Crippen molar-refractivity contribution in [2.45, 2.75) is 44.6 Å². The number of hydrogen-bond acceptors (Lipinski definition) is 5. The Morgan fingerprint density at radius 3 is 1.60 bits per heavy atom. The molecule has 2 aliphatic rings. The predicted octanol–water partition coefficient (Wildman–Crippen LogP) is 4.98. The molecule has 7 nitrogen and oxygen atoms in total. The van der Waals surface area contributed by atoms with Gasteiger partial charge in [0.25, 0.3) is 23.6 Å². The van der Waals surface area contributed by atoms with E-state index in [0.717, 1.165) is 24.1 Å². The molecule has 2 aromatic rings. The maximum Gasteiger partial charge on any atom is 0.411 e. The number of carbonyl (C=O) groups is 4. The maximum atomic E-state index is 14.7. The monoisotopic (exact) mass is 570 g/mol. The van der Waals surface area contributed by atoms with Crippen LogP contribution in [-0.4, -0.2) is 72.1 Å². The summed E-state index contributed by atoms with van der Waals surface area (Å²) in [5.41, 5.74) is -9.36. The number of carbonyl (C=O) groups excluding carboxylic acids is 4. The Kier molecular flexibility index (Phi) is 7.11. The van der Waals surface area contributed by atoms with E-state index < -0.39 is 69.8 Å². The van der Waals surface area contributed by atoms with E-state index >= 15 is 0 Å². The highest BCUT2D eigenvalue weighted by Gasteiger charge is 2.73. The highest BCUT2D eigenvalue weighted by molar-refractivity contribution is 6.22. The van der Waals surface area contributed by atoms with Crippen LogP contribution in [0.4, 0.5) is 26.3 Å². The van der Waals surface area contributed by atoms with Gasteiger partial charge in [0.15, 0.2) is 0 Å². The van der Waals surface area contributed by atoms with Gasteiger partial charge in [0.1, 0.15) is 0 Å². The van der Waals surface area contributed by atoms with E-state index in [4.69, 9.17) is 4.74 Å². The molecule has 4 rings (SSSR count). The number of fused-ring (bicyclic) bond motifs is 2. The van der Waals surface area contributed by atoms with Gasteiger partial charge in [-0.05, 0) is 48.2 Å². The zero-order valence-corrected chi connectivity index (χ0v) is 21.7. The van der Waals surface area contributed by atoms with Gasteiger partial charge in [-0.1, -0.05) is 26.0 Å². The molecular weight excluding hydrogens is 546 g/mol. The van der Waals surface area contributed by atoms with Crippen molar-refractivity contribution in [1.82, 2.24) is 9.80 Å². The highest BCUT2D eigenvalue weighted by atomic mass is 19.4. The van der Waals surface area contributed by atoms with Gasteiger partial charge in [-0.25, -0.2) is 0 Å². The molecule has 2 aromatic carbocycles. The lowest BCUT2D eigenvalue weighted by Crippen LogP contribution is -2.55. The average Bonchev–Trinajstić information content (AvgIpc) is 3.21. The molecule has 2 heterocycles. The minimum Gasteiger partial charge on any atom is -0.376 e. The van der Waals surface area contributed by atoms with E-state index in [1.54, 1.807) is 6.92 Å². The van der Waals surface area contributed by atoms with Gasteiger partial charge in [0.05, 0.1) is 34.9 Å². The van der Waals surface area contributed by atoms with Crippen molar-refractivity contribution < 1.29 is 50.3 Å². The van der Waals surface area contributed by atoms with E-state index in [1.807, 2.05) is 13.8 Å². The molecule has 0 fully saturated rings. The minimum atomic E-state index is -6.02. The molecule has 0 saturated heterocycles. The van der Waals surface area contributed by atoms with Crippen molar-refractivity contribution in [3.8, 4) is 0 Å². The number of rotatable bonds is 7. The molecule has 13 heteroatoms. The molecule has 214 valence electrons. The van der Waals surface area contributed by atoms with Crippen molar-refractivity contribution >= 4 is 23.6 Å². The first-order valence-electron chi connectivity index (χ1n) is 12.2. The average molecular weight is 570 g/mol. The van der Waals surface area contributed by atoms with Crippen LogP contribution in [0.1, 0.15) is 73.3 Å². The van der Waals surface area contributed by atoms with E-state index in [9.17, 15) is 45.5 Å². The zero-order valence-electron chi connectivity index (χ0n) is 21.7. The Hall–Kier alpha value is -3.74. The first-order chi connectivity index (χ1) is 18.4. The van der Waals surface area contributed by atoms with E-state index in [2.05, 4.69) is 0 Å². The molecule has 0 aliphatic carbocycles. The summed E-state index contributed by atoms with van der Waals surface area (Å²) in [6.45, 7) is 5.37. The summed E-state index contributed by atoms with van der Waals surface area (Å²) < 4.78 is 93.8. The normalized spacial score (nSPS) is 16.8. The van der Waals surface area contributed by atoms with Gasteiger partial charge in [-0.2, -0.15) is 26.3 Å². The molecule has 0 saturated carbocycles. The van der Waals surface area contributed by atoms with Crippen molar-refractivity contribution in [1.29, 1.82) is 0 Å². The van der Waals surface area contributed by atoms with E-state index in [1.165, 1.54) is 0 Å². The van der Waals surface area contributed by atoms with Gasteiger partial charge in [0.2, 0.25) is 5.41 Å². The molecule has 40 heavy (non-hydrogen) atoms. The second-order valence-electron chi connectivity index (χ2n) is 10.2. The van der Waals surface area contributed by atoms with Gasteiger partial charge < -0.3 is 4.74 Å². The molecular formula is C27H24F6N2O5. The first-order valence-corrected chi connectivity index (χ1v) is 12.2. The molecule has 4 amide bonds. The van der Waals surface area contributed by atoms with Crippen molar-refractivity contribution in [2.24, 2.45) is 5.92 Å². The highest BCUT2D eigenvalue weighted by Crippen LogP contribution is 2.57. The van der Waals surface area contributed by atoms with Crippen molar-refractivity contribution in [2.75, 3.05) is 20.2 Å². The second kappa shape index (κ2) is 9.72. The van der Waals surface area contributed by atoms with Gasteiger partial charge >= 0.3 is 12.4 Å². The van der Waals surface area contributed by atoms with Crippen LogP contribution in [0.5, 0.6) is 0 Å². The summed E-state index contributed by atoms with van der Waals surface area (Å²) in [6, 6.07) is 3.31. The fraction of sp³-hybridized carbons (Fsp3) is 0.407. The summed E-state index contributed by atoms with van der Waals surface area (Å²) in [4.78, 5) is 51.8. The van der Waals surface area contributed by atoms with Crippen LogP contribution in [0.25, 0.3) is 0 Å². The summed E-state index contributed by atoms with van der Waals surface area (Å²) in [7, 11) is 1.05. The number of alkyl halides is 6. The Bertz CT molecular complexity index is 1400. The molecule has 0 spiro atoms. The van der Waals surface area contributed by atoms with E-state index in [0.29, 0.717) is 35.8 Å². The van der Waals surface area contributed by atoms with E-state index in [-0.39, 0.29) is 23.6 Å². The lowest BCUT2D eigenvalue weighted by atomic mass is 9.71. The molecule has 0 N–H and O–H groups in total. The fourth-order valence-corrected chi connectivity index (χ4v) is 4.93. The predicted molar refractivity (Wildman–Crippen MR) is 128 cm³/mol. The van der Waals surface area contributed by atoms with Crippen LogP contribution >= 0.6 is 0 Å². The number of ether oxygens (including phenoxy) is 1. The molecule has 0 aromatic heterocycles. The molecule has 0 radical (unpaired) electrons. The van der Waals surface area contributed by atoms with Crippen LogP contribution in [0.3, 0.4) is 0 Å². The Morgan fingerprint density at radius 2 is 1.12 bits per heavy atom. The van der Waals surface area contributed by atoms with Gasteiger partial charge in [0, 0.05) is 13.7 Å². The number of imide groups is 2. The summed E-state index contributed by atoms with van der Waals surface area (Å²) in [5.74, 6) is -3.72. The molecule has 2 aliphatic heterocycles. The number of halogens is 6. The SMILES string of the molecule is CC(C)COC(C)CN1C(=O)c2ccc(C(c3ccc4c(c3)C(=O)N(C)C4=O)(C(F)(F)F)C(F)(F)F)cc2C1=O. The van der Waals surface area contributed by atoms with Crippen LogP contribution in [-0.2, 0) is 10.2 Å². The standard InChI is InChI=1S/C27H24F6N2O5/c1-13(2)12-40-14(3)11-35-23(38)18-8-6-16(10-20(18)24(35)39)25(26(28,29)30,27(31,32)33)15-5-7-17-19(9-15)22(37)34(4)21(17)36/h5-10,13-14H,11-12H2,1-4H3. The number of benzene rings is 2. The first kappa shape index (κ1) is 29.2. The third-order valence-corrected chi connectivity index (χ3v) is 6.93. The van der Waals surface area contributed by atoms with Crippen LogP contribution in [0.15, 0.2) is 36.4 Å². The second-order valence-corrected chi connectivity index (χ2v) is 10.2. The summed E-state index contributed by atoms with van der Waals surface area (Å²) in [6.07, 6.45) is -12.7. The van der Waals surface area contributed by atoms with Crippen LogP contribution in [0, 0.1) is 5.92 Å². The fourth-order valence-electron chi connectivity index (χ4n) is 4.93. The number of nitrogens with zero attached hydrogens (tertiary/aromatic N) is 2.